The molecule has 0 bridgehead atoms. The Morgan fingerprint density at radius 1 is 1.00 bits per heavy atom. The first-order chi connectivity index (χ1) is 15.0. The topological polar surface area (TPSA) is 68.0 Å². The van der Waals surface area contributed by atoms with E-state index in [-0.39, 0.29) is 12.3 Å². The van der Waals surface area contributed by atoms with Crippen molar-refractivity contribution in [2.45, 2.75) is 27.2 Å². The second kappa shape index (κ2) is 7.63. The van der Waals surface area contributed by atoms with E-state index in [1.165, 1.54) is 10.3 Å². The van der Waals surface area contributed by atoms with Crippen LogP contribution in [0.2, 0.25) is 0 Å². The molecule has 6 heteroatoms. The number of rotatable bonds is 4. The summed E-state index contributed by atoms with van der Waals surface area (Å²) >= 11 is 1.67. The van der Waals surface area contributed by atoms with Gasteiger partial charge in [0.05, 0.1) is 16.6 Å². The molecule has 1 amide bonds. The predicted molar refractivity (Wildman–Crippen MR) is 126 cm³/mol. The van der Waals surface area contributed by atoms with Crippen molar-refractivity contribution in [1.29, 1.82) is 0 Å². The van der Waals surface area contributed by atoms with Crippen LogP contribution in [0.5, 0.6) is 0 Å². The third kappa shape index (κ3) is 3.82. The van der Waals surface area contributed by atoms with Crippen LogP contribution in [0.25, 0.3) is 31.8 Å². The summed E-state index contributed by atoms with van der Waals surface area (Å²) in [5, 5.41) is 8.90. The Hall–Kier alpha value is -3.51. The molecule has 1 N–H and O–H groups in total. The lowest BCUT2D eigenvalue weighted by Crippen LogP contribution is -2.14. The number of hydrogen-bond donors (Lipinski definition) is 1. The highest BCUT2D eigenvalue weighted by Crippen LogP contribution is 2.31. The highest BCUT2D eigenvalue weighted by Gasteiger charge is 2.14. The van der Waals surface area contributed by atoms with Gasteiger partial charge in [-0.25, -0.2) is 4.98 Å². The van der Waals surface area contributed by atoms with Crippen molar-refractivity contribution in [3.05, 3.63) is 77.0 Å². The van der Waals surface area contributed by atoms with Gasteiger partial charge in [0.15, 0.2) is 5.58 Å². The number of carbonyl (C=O) groups excluding carboxylic acids is 1. The fourth-order valence-electron chi connectivity index (χ4n) is 3.58. The molecule has 3 aromatic carbocycles. The van der Waals surface area contributed by atoms with Gasteiger partial charge in [-0.2, -0.15) is 0 Å². The average molecular weight is 428 g/mol. The van der Waals surface area contributed by atoms with E-state index in [4.69, 9.17) is 9.51 Å². The Morgan fingerprint density at radius 2 is 1.77 bits per heavy atom. The molecule has 0 aliphatic rings. The maximum Gasteiger partial charge on any atom is 0.230 e. The van der Waals surface area contributed by atoms with Gasteiger partial charge in [-0.3, -0.25) is 4.79 Å². The SMILES string of the molecule is Cc1ccc2nc(-c3ccc(NC(=O)Cc4noc5cc(C)c(C)cc45)cc3)sc2c1. The summed E-state index contributed by atoms with van der Waals surface area (Å²) in [7, 11) is 0. The van der Waals surface area contributed by atoms with Gasteiger partial charge in [-0.05, 0) is 86.0 Å². The van der Waals surface area contributed by atoms with Gasteiger partial charge >= 0.3 is 0 Å². The fourth-order valence-corrected chi connectivity index (χ4v) is 4.65. The van der Waals surface area contributed by atoms with Crippen LogP contribution in [0.3, 0.4) is 0 Å². The van der Waals surface area contributed by atoms with Gasteiger partial charge in [0, 0.05) is 16.6 Å². The van der Waals surface area contributed by atoms with Crippen molar-refractivity contribution in [3.63, 3.8) is 0 Å². The standard InChI is InChI=1S/C25H21N3O2S/c1-14-4-9-20-23(10-14)31-25(27-20)17-5-7-18(8-6-17)26-24(29)13-21-19-11-15(2)16(3)12-22(19)30-28-21/h4-12H,13H2,1-3H3,(H,26,29). The highest BCUT2D eigenvalue weighted by molar-refractivity contribution is 7.21. The van der Waals surface area contributed by atoms with Crippen LogP contribution in [-0.2, 0) is 11.2 Å². The van der Waals surface area contributed by atoms with Crippen molar-refractivity contribution in [1.82, 2.24) is 10.1 Å². The second-order valence-electron chi connectivity index (χ2n) is 7.85. The van der Waals surface area contributed by atoms with Gasteiger partial charge in [-0.1, -0.05) is 11.2 Å². The first-order valence-electron chi connectivity index (χ1n) is 10.1. The van der Waals surface area contributed by atoms with Crippen LogP contribution in [0.15, 0.2) is 59.1 Å². The minimum atomic E-state index is -0.128. The molecular formula is C25H21N3O2S. The molecule has 0 atom stereocenters. The third-order valence-corrected chi connectivity index (χ3v) is 6.52. The lowest BCUT2D eigenvalue weighted by atomic mass is 10.1. The molecule has 0 unspecified atom stereocenters. The fraction of sp³-hybridized carbons (Fsp3) is 0.160. The van der Waals surface area contributed by atoms with Gasteiger partial charge in [0.1, 0.15) is 10.7 Å². The van der Waals surface area contributed by atoms with Crippen molar-refractivity contribution in [2.75, 3.05) is 5.32 Å². The Bertz CT molecular complexity index is 1430. The normalized spacial score (nSPS) is 11.3. The molecule has 0 aliphatic carbocycles. The maximum atomic E-state index is 12.6. The van der Waals surface area contributed by atoms with Gasteiger partial charge in [-0.15, -0.1) is 11.3 Å². The zero-order chi connectivity index (χ0) is 21.5. The Labute approximate surface area is 183 Å². The van der Waals surface area contributed by atoms with Crippen molar-refractivity contribution in [2.24, 2.45) is 0 Å². The van der Waals surface area contributed by atoms with Crippen LogP contribution >= 0.6 is 11.3 Å². The molecule has 0 aliphatic heterocycles. The molecule has 0 fully saturated rings. The first kappa shape index (κ1) is 19.5. The van der Waals surface area contributed by atoms with E-state index >= 15 is 0 Å². The number of carbonyl (C=O) groups is 1. The quantitative estimate of drug-likeness (QED) is 0.370. The van der Waals surface area contributed by atoms with E-state index in [2.05, 4.69) is 35.6 Å². The number of nitrogens with zero attached hydrogens (tertiary/aromatic N) is 2. The van der Waals surface area contributed by atoms with Gasteiger partial charge in [0.2, 0.25) is 5.91 Å². The van der Waals surface area contributed by atoms with Gasteiger partial charge in [0.25, 0.3) is 0 Å². The van der Waals surface area contributed by atoms with E-state index in [9.17, 15) is 4.79 Å². The van der Waals surface area contributed by atoms with E-state index in [1.807, 2.05) is 50.2 Å². The first-order valence-corrected chi connectivity index (χ1v) is 10.9. The second-order valence-corrected chi connectivity index (χ2v) is 8.89. The van der Waals surface area contributed by atoms with E-state index in [0.29, 0.717) is 11.3 Å². The molecule has 5 rings (SSSR count). The number of fused-ring (bicyclic) bond motifs is 2. The van der Waals surface area contributed by atoms with Crippen molar-refractivity contribution >= 4 is 44.1 Å². The van der Waals surface area contributed by atoms with E-state index < -0.39 is 0 Å². The lowest BCUT2D eigenvalue weighted by Gasteiger charge is -2.05. The number of hydrogen-bond acceptors (Lipinski definition) is 5. The number of anilines is 1. The molecular weight excluding hydrogens is 406 g/mol. The number of thiazole rings is 1. The Morgan fingerprint density at radius 3 is 2.58 bits per heavy atom. The third-order valence-electron chi connectivity index (χ3n) is 5.45. The van der Waals surface area contributed by atoms with Crippen LogP contribution in [-0.4, -0.2) is 16.0 Å². The van der Waals surface area contributed by atoms with E-state index in [1.54, 1.807) is 11.3 Å². The summed E-state index contributed by atoms with van der Waals surface area (Å²) in [6, 6.07) is 18.0. The van der Waals surface area contributed by atoms with Crippen LogP contribution in [0.4, 0.5) is 5.69 Å². The number of benzene rings is 3. The number of amides is 1. The summed E-state index contributed by atoms with van der Waals surface area (Å²) in [4.78, 5) is 17.3. The number of aryl methyl sites for hydroxylation is 3. The van der Waals surface area contributed by atoms with Crippen molar-refractivity contribution < 1.29 is 9.32 Å². The highest BCUT2D eigenvalue weighted by atomic mass is 32.1. The maximum absolute atomic E-state index is 12.6. The molecule has 0 saturated heterocycles. The van der Waals surface area contributed by atoms with Gasteiger partial charge < -0.3 is 9.84 Å². The molecule has 0 spiro atoms. The summed E-state index contributed by atoms with van der Waals surface area (Å²) in [6.07, 6.45) is 0.161. The molecule has 0 radical (unpaired) electrons. The zero-order valence-electron chi connectivity index (χ0n) is 17.5. The monoisotopic (exact) mass is 427 g/mol. The molecule has 0 saturated carbocycles. The average Bonchev–Trinajstić information content (AvgIpc) is 3.33. The van der Waals surface area contributed by atoms with E-state index in [0.717, 1.165) is 38.3 Å². The molecule has 5 nitrogen and oxygen atoms in total. The summed E-state index contributed by atoms with van der Waals surface area (Å²) < 4.78 is 6.58. The van der Waals surface area contributed by atoms with Crippen molar-refractivity contribution in [3.8, 4) is 10.6 Å². The minimum Gasteiger partial charge on any atom is -0.356 e. The smallest absolute Gasteiger partial charge is 0.230 e. The minimum absolute atomic E-state index is 0.128. The number of aromatic nitrogens is 2. The molecule has 31 heavy (non-hydrogen) atoms. The van der Waals surface area contributed by atoms with Crippen LogP contribution in [0.1, 0.15) is 22.4 Å². The predicted octanol–water partition coefficient (Wildman–Crippen LogP) is 6.21. The molecule has 5 aromatic rings. The zero-order valence-corrected chi connectivity index (χ0v) is 18.3. The lowest BCUT2D eigenvalue weighted by molar-refractivity contribution is -0.115. The Balaban J connectivity index is 1.31. The van der Waals surface area contributed by atoms with Crippen LogP contribution < -0.4 is 5.32 Å². The summed E-state index contributed by atoms with van der Waals surface area (Å²) in [5.41, 5.74) is 7.66. The molecule has 2 aromatic heterocycles. The molecule has 2 heterocycles. The summed E-state index contributed by atoms with van der Waals surface area (Å²) in [5.74, 6) is -0.128. The largest absolute Gasteiger partial charge is 0.356 e. The molecule has 154 valence electrons. The van der Waals surface area contributed by atoms with Crippen LogP contribution in [0, 0.1) is 20.8 Å². The Kier molecular flexibility index (Phi) is 4.79. The summed E-state index contributed by atoms with van der Waals surface area (Å²) in [6.45, 7) is 6.16. The number of nitrogens with one attached hydrogen (secondary N) is 1.